The Morgan fingerprint density at radius 1 is 1.10 bits per heavy atom. The fourth-order valence-electron chi connectivity index (χ4n) is 4.60. The molecule has 0 bridgehead atoms. The molecule has 2 saturated heterocycles. The highest BCUT2D eigenvalue weighted by Crippen LogP contribution is 2.41. The molecule has 31 heavy (non-hydrogen) atoms. The van der Waals surface area contributed by atoms with Crippen molar-refractivity contribution in [1.29, 1.82) is 0 Å². The first-order chi connectivity index (χ1) is 15.0. The molecular formula is C25H30N2O4. The van der Waals surface area contributed by atoms with Crippen LogP contribution in [0, 0.1) is 12.8 Å². The molecule has 2 aromatic rings. The van der Waals surface area contributed by atoms with Crippen LogP contribution in [0.4, 0.5) is 5.69 Å². The van der Waals surface area contributed by atoms with Gasteiger partial charge in [-0.15, -0.1) is 0 Å². The van der Waals surface area contributed by atoms with E-state index < -0.39 is 0 Å². The minimum absolute atomic E-state index is 0.0237. The van der Waals surface area contributed by atoms with Crippen LogP contribution < -0.4 is 9.64 Å². The molecule has 2 aliphatic heterocycles. The van der Waals surface area contributed by atoms with Crippen molar-refractivity contribution in [3.05, 3.63) is 59.7 Å². The number of carbonyl (C=O) groups excluding carboxylic acids is 2. The Bertz CT molecular complexity index is 926. The number of hydrogen-bond acceptors (Lipinski definition) is 4. The number of benzene rings is 2. The SMILES string of the molecule is COc1ccc(C2C(C(=O)N3CCOC(C)C3)CCC(=O)N2c2ccc(C)cc2)cc1. The minimum atomic E-state index is -0.361. The molecule has 0 radical (unpaired) electrons. The van der Waals surface area contributed by atoms with E-state index in [4.69, 9.17) is 9.47 Å². The van der Waals surface area contributed by atoms with E-state index in [1.165, 1.54) is 0 Å². The Morgan fingerprint density at radius 3 is 2.45 bits per heavy atom. The van der Waals surface area contributed by atoms with Gasteiger partial charge in [0.1, 0.15) is 5.75 Å². The van der Waals surface area contributed by atoms with Gasteiger partial charge in [0.05, 0.1) is 31.8 Å². The van der Waals surface area contributed by atoms with Gasteiger partial charge in [0.15, 0.2) is 0 Å². The molecule has 2 aliphatic rings. The van der Waals surface area contributed by atoms with Crippen LogP contribution in [0.15, 0.2) is 48.5 Å². The highest BCUT2D eigenvalue weighted by Gasteiger charge is 2.43. The molecular weight excluding hydrogens is 392 g/mol. The van der Waals surface area contributed by atoms with Gasteiger partial charge in [-0.1, -0.05) is 29.8 Å². The van der Waals surface area contributed by atoms with Gasteiger partial charge < -0.3 is 19.3 Å². The lowest BCUT2D eigenvalue weighted by Crippen LogP contribution is -2.52. The van der Waals surface area contributed by atoms with E-state index in [0.717, 1.165) is 22.6 Å². The molecule has 6 nitrogen and oxygen atoms in total. The second kappa shape index (κ2) is 9.10. The molecule has 2 fully saturated rings. The Kier molecular flexibility index (Phi) is 6.28. The van der Waals surface area contributed by atoms with Crippen LogP contribution in [0.3, 0.4) is 0 Å². The number of hydrogen-bond donors (Lipinski definition) is 0. The number of amides is 2. The second-order valence-electron chi connectivity index (χ2n) is 8.43. The van der Waals surface area contributed by atoms with E-state index in [1.807, 2.05) is 72.2 Å². The number of ether oxygens (including phenoxy) is 2. The zero-order chi connectivity index (χ0) is 22.0. The van der Waals surface area contributed by atoms with Crippen molar-refractivity contribution in [3.63, 3.8) is 0 Å². The third-order valence-corrected chi connectivity index (χ3v) is 6.24. The molecule has 0 spiro atoms. The molecule has 2 aromatic carbocycles. The maximum atomic E-state index is 13.7. The standard InChI is InChI=1S/C25H30N2O4/c1-17-4-8-20(9-5-17)27-23(28)13-12-22(25(29)26-14-15-31-18(2)16-26)24(27)19-6-10-21(30-3)11-7-19/h4-11,18,22,24H,12-16H2,1-3H3. The first-order valence-electron chi connectivity index (χ1n) is 10.9. The predicted molar refractivity (Wildman–Crippen MR) is 119 cm³/mol. The van der Waals surface area contributed by atoms with Gasteiger partial charge in [0, 0.05) is 25.2 Å². The lowest BCUT2D eigenvalue weighted by molar-refractivity contribution is -0.145. The predicted octanol–water partition coefficient (Wildman–Crippen LogP) is 3.74. The number of methoxy groups -OCH3 is 1. The molecule has 2 amide bonds. The maximum Gasteiger partial charge on any atom is 0.228 e. The van der Waals surface area contributed by atoms with Crippen molar-refractivity contribution in [2.24, 2.45) is 5.92 Å². The lowest BCUT2D eigenvalue weighted by Gasteiger charge is -2.43. The van der Waals surface area contributed by atoms with Gasteiger partial charge in [0.2, 0.25) is 11.8 Å². The Morgan fingerprint density at radius 2 is 1.81 bits per heavy atom. The molecule has 3 unspecified atom stereocenters. The summed E-state index contributed by atoms with van der Waals surface area (Å²) in [6.45, 7) is 5.74. The number of rotatable bonds is 4. The largest absolute Gasteiger partial charge is 0.497 e. The monoisotopic (exact) mass is 422 g/mol. The third kappa shape index (κ3) is 4.44. The van der Waals surface area contributed by atoms with Gasteiger partial charge in [0.25, 0.3) is 0 Å². The van der Waals surface area contributed by atoms with Crippen LogP contribution in [-0.2, 0) is 14.3 Å². The molecule has 0 aliphatic carbocycles. The van der Waals surface area contributed by atoms with Crippen molar-refractivity contribution in [2.45, 2.75) is 38.8 Å². The average Bonchev–Trinajstić information content (AvgIpc) is 2.79. The van der Waals surface area contributed by atoms with E-state index in [0.29, 0.717) is 32.5 Å². The van der Waals surface area contributed by atoms with Crippen molar-refractivity contribution in [2.75, 3.05) is 31.7 Å². The van der Waals surface area contributed by atoms with Crippen LogP contribution >= 0.6 is 0 Å². The topological polar surface area (TPSA) is 59.1 Å². The van der Waals surface area contributed by atoms with Gasteiger partial charge >= 0.3 is 0 Å². The number of aryl methyl sites for hydroxylation is 1. The Labute approximate surface area is 183 Å². The summed E-state index contributed by atoms with van der Waals surface area (Å²) in [6, 6.07) is 15.3. The van der Waals surface area contributed by atoms with E-state index in [-0.39, 0.29) is 29.9 Å². The molecule has 3 atom stereocenters. The van der Waals surface area contributed by atoms with E-state index >= 15 is 0 Å². The van der Waals surface area contributed by atoms with Crippen LogP contribution in [0.5, 0.6) is 5.75 Å². The molecule has 0 aromatic heterocycles. The number of piperidine rings is 1. The van der Waals surface area contributed by atoms with Crippen LogP contribution in [0.1, 0.15) is 36.9 Å². The third-order valence-electron chi connectivity index (χ3n) is 6.24. The summed E-state index contributed by atoms with van der Waals surface area (Å²) in [6.07, 6.45) is 0.926. The second-order valence-corrected chi connectivity index (χ2v) is 8.43. The molecule has 0 saturated carbocycles. The fraction of sp³-hybridized carbons (Fsp3) is 0.440. The lowest BCUT2D eigenvalue weighted by atomic mass is 9.82. The van der Waals surface area contributed by atoms with Gasteiger partial charge in [-0.05, 0) is 50.1 Å². The summed E-state index contributed by atoms with van der Waals surface area (Å²) in [4.78, 5) is 30.5. The van der Waals surface area contributed by atoms with Crippen LogP contribution in [-0.4, -0.2) is 49.6 Å². The summed E-state index contributed by atoms with van der Waals surface area (Å²) < 4.78 is 10.9. The zero-order valence-corrected chi connectivity index (χ0v) is 18.4. The first-order valence-corrected chi connectivity index (χ1v) is 10.9. The first kappa shape index (κ1) is 21.4. The van der Waals surface area contributed by atoms with Crippen LogP contribution in [0.2, 0.25) is 0 Å². The fourth-order valence-corrected chi connectivity index (χ4v) is 4.60. The summed E-state index contributed by atoms with van der Waals surface area (Å²) in [7, 11) is 1.63. The normalized spacial score (nSPS) is 24.2. The minimum Gasteiger partial charge on any atom is -0.497 e. The van der Waals surface area contributed by atoms with E-state index in [1.54, 1.807) is 7.11 Å². The molecule has 4 rings (SSSR count). The summed E-state index contributed by atoms with van der Waals surface area (Å²) >= 11 is 0. The van der Waals surface area contributed by atoms with E-state index in [9.17, 15) is 9.59 Å². The van der Waals surface area contributed by atoms with Crippen molar-refractivity contribution >= 4 is 17.5 Å². The Balaban J connectivity index is 1.74. The summed E-state index contributed by atoms with van der Waals surface area (Å²) in [5.41, 5.74) is 2.89. The summed E-state index contributed by atoms with van der Waals surface area (Å²) in [5, 5.41) is 0. The average molecular weight is 423 g/mol. The molecule has 164 valence electrons. The zero-order valence-electron chi connectivity index (χ0n) is 18.4. The van der Waals surface area contributed by atoms with Crippen molar-refractivity contribution in [3.8, 4) is 5.75 Å². The number of morpholine rings is 1. The Hall–Kier alpha value is -2.86. The molecule has 0 N–H and O–H groups in total. The quantitative estimate of drug-likeness (QED) is 0.753. The number of anilines is 1. The van der Waals surface area contributed by atoms with Gasteiger partial charge in [-0.3, -0.25) is 9.59 Å². The summed E-state index contributed by atoms with van der Waals surface area (Å²) in [5.74, 6) is 0.583. The van der Waals surface area contributed by atoms with Crippen molar-refractivity contribution < 1.29 is 19.1 Å². The number of nitrogens with zero attached hydrogens (tertiary/aromatic N) is 2. The van der Waals surface area contributed by atoms with Crippen LogP contribution in [0.25, 0.3) is 0 Å². The molecule has 2 heterocycles. The number of carbonyl (C=O) groups is 2. The smallest absolute Gasteiger partial charge is 0.228 e. The van der Waals surface area contributed by atoms with Crippen molar-refractivity contribution in [1.82, 2.24) is 4.90 Å². The van der Waals surface area contributed by atoms with E-state index in [2.05, 4.69) is 0 Å². The highest BCUT2D eigenvalue weighted by molar-refractivity contribution is 5.97. The highest BCUT2D eigenvalue weighted by atomic mass is 16.5. The molecule has 6 heteroatoms. The maximum absolute atomic E-state index is 13.7. The van der Waals surface area contributed by atoms with Gasteiger partial charge in [-0.25, -0.2) is 0 Å². The van der Waals surface area contributed by atoms with Gasteiger partial charge in [-0.2, -0.15) is 0 Å².